The van der Waals surface area contributed by atoms with Crippen molar-refractivity contribution in [1.29, 1.82) is 0 Å². The molecule has 20 heavy (non-hydrogen) atoms. The third-order valence-electron chi connectivity index (χ3n) is 3.29. The maximum absolute atomic E-state index is 6.06. The lowest BCUT2D eigenvalue weighted by Gasteiger charge is -2.14. The second-order valence-corrected chi connectivity index (χ2v) is 5.83. The van der Waals surface area contributed by atoms with Crippen LogP contribution in [0.3, 0.4) is 0 Å². The lowest BCUT2D eigenvalue weighted by atomic mass is 10.1. The number of hydrogen-bond donors (Lipinski definition) is 1. The Kier molecular flexibility index (Phi) is 5.21. The van der Waals surface area contributed by atoms with Gasteiger partial charge in [0.1, 0.15) is 12.4 Å². The van der Waals surface area contributed by atoms with Crippen LogP contribution >= 0.6 is 15.9 Å². The number of benzene rings is 2. The normalized spacial score (nSPS) is 10.6. The number of aryl methyl sites for hydroxylation is 2. The van der Waals surface area contributed by atoms with E-state index in [0.29, 0.717) is 6.61 Å². The molecule has 0 amide bonds. The first-order valence-electron chi connectivity index (χ1n) is 6.72. The molecule has 2 aromatic rings. The smallest absolute Gasteiger partial charge is 0.138 e. The zero-order valence-corrected chi connectivity index (χ0v) is 13.8. The molecule has 0 aliphatic rings. The summed E-state index contributed by atoms with van der Waals surface area (Å²) in [5.74, 6) is 0.919. The molecular weight excluding hydrogens is 314 g/mol. The molecule has 0 heterocycles. The molecular formula is C17H20BrNO. The van der Waals surface area contributed by atoms with Gasteiger partial charge in [-0.05, 0) is 54.0 Å². The predicted molar refractivity (Wildman–Crippen MR) is 87.2 cm³/mol. The van der Waals surface area contributed by atoms with Crippen LogP contribution in [0.1, 0.15) is 22.3 Å². The Morgan fingerprint density at radius 2 is 1.90 bits per heavy atom. The molecule has 106 valence electrons. The molecule has 3 heteroatoms. The number of ether oxygens (including phenoxy) is 1. The minimum absolute atomic E-state index is 0.590. The fourth-order valence-electron chi connectivity index (χ4n) is 2.15. The van der Waals surface area contributed by atoms with Crippen molar-refractivity contribution in [3.63, 3.8) is 0 Å². The molecule has 0 aromatic heterocycles. The first kappa shape index (κ1) is 15.1. The van der Waals surface area contributed by atoms with Crippen molar-refractivity contribution in [2.24, 2.45) is 0 Å². The summed E-state index contributed by atoms with van der Waals surface area (Å²) in [6.07, 6.45) is 0. The molecule has 0 radical (unpaired) electrons. The number of halogens is 1. The molecule has 0 saturated heterocycles. The van der Waals surface area contributed by atoms with Gasteiger partial charge in [0.25, 0.3) is 0 Å². The highest BCUT2D eigenvalue weighted by atomic mass is 79.9. The Morgan fingerprint density at radius 1 is 1.10 bits per heavy atom. The van der Waals surface area contributed by atoms with Gasteiger partial charge in [0, 0.05) is 12.1 Å². The zero-order chi connectivity index (χ0) is 14.5. The summed E-state index contributed by atoms with van der Waals surface area (Å²) in [6, 6.07) is 12.6. The Morgan fingerprint density at radius 3 is 2.65 bits per heavy atom. The van der Waals surface area contributed by atoms with E-state index in [1.165, 1.54) is 16.7 Å². The number of hydrogen-bond acceptors (Lipinski definition) is 2. The summed E-state index contributed by atoms with van der Waals surface area (Å²) in [5.41, 5.74) is 4.91. The fourth-order valence-corrected chi connectivity index (χ4v) is 2.67. The molecule has 0 aliphatic heterocycles. The highest BCUT2D eigenvalue weighted by Gasteiger charge is 2.08. The van der Waals surface area contributed by atoms with Gasteiger partial charge in [0.05, 0.1) is 4.47 Å². The maximum atomic E-state index is 6.06. The van der Waals surface area contributed by atoms with E-state index >= 15 is 0 Å². The van der Waals surface area contributed by atoms with E-state index < -0.39 is 0 Å². The Balaban J connectivity index is 2.20. The molecule has 2 aromatic carbocycles. The summed E-state index contributed by atoms with van der Waals surface area (Å²) < 4.78 is 7.05. The molecule has 0 spiro atoms. The van der Waals surface area contributed by atoms with Gasteiger partial charge in [-0.1, -0.05) is 35.9 Å². The van der Waals surface area contributed by atoms with Crippen LogP contribution in [0.25, 0.3) is 0 Å². The SMILES string of the molecule is CNCc1cccc(Br)c1OCc1cc(C)ccc1C. The van der Waals surface area contributed by atoms with Crippen molar-refractivity contribution < 1.29 is 4.74 Å². The van der Waals surface area contributed by atoms with E-state index in [4.69, 9.17) is 4.74 Å². The van der Waals surface area contributed by atoms with Crippen molar-refractivity contribution in [3.8, 4) is 5.75 Å². The third-order valence-corrected chi connectivity index (χ3v) is 3.92. The van der Waals surface area contributed by atoms with Crippen molar-refractivity contribution in [3.05, 3.63) is 63.1 Å². The van der Waals surface area contributed by atoms with Crippen molar-refractivity contribution in [2.45, 2.75) is 27.0 Å². The Hall–Kier alpha value is -1.32. The number of nitrogens with one attached hydrogen (secondary N) is 1. The predicted octanol–water partition coefficient (Wildman–Crippen LogP) is 4.36. The summed E-state index contributed by atoms with van der Waals surface area (Å²) >= 11 is 3.57. The van der Waals surface area contributed by atoms with Crippen molar-refractivity contribution in [1.82, 2.24) is 5.32 Å². The van der Waals surface area contributed by atoms with E-state index in [1.54, 1.807) is 0 Å². The molecule has 2 nitrogen and oxygen atoms in total. The Labute approximate surface area is 129 Å². The summed E-state index contributed by atoms with van der Waals surface area (Å²) in [4.78, 5) is 0. The highest BCUT2D eigenvalue weighted by molar-refractivity contribution is 9.10. The molecule has 0 saturated carbocycles. The van der Waals surface area contributed by atoms with E-state index in [0.717, 1.165) is 22.3 Å². The average Bonchev–Trinajstić information content (AvgIpc) is 2.42. The monoisotopic (exact) mass is 333 g/mol. The standard InChI is InChI=1S/C17H20BrNO/c1-12-7-8-13(2)15(9-12)11-20-17-14(10-19-3)5-4-6-16(17)18/h4-9,19H,10-11H2,1-3H3. The maximum Gasteiger partial charge on any atom is 0.138 e. The lowest BCUT2D eigenvalue weighted by Crippen LogP contribution is -2.08. The van der Waals surface area contributed by atoms with Crippen LogP contribution in [-0.2, 0) is 13.2 Å². The lowest BCUT2D eigenvalue weighted by molar-refractivity contribution is 0.299. The minimum atomic E-state index is 0.590. The van der Waals surface area contributed by atoms with Crippen LogP contribution in [0.4, 0.5) is 0 Å². The van der Waals surface area contributed by atoms with Gasteiger partial charge < -0.3 is 10.1 Å². The number of rotatable bonds is 5. The van der Waals surface area contributed by atoms with Crippen LogP contribution in [-0.4, -0.2) is 7.05 Å². The number of para-hydroxylation sites is 1. The van der Waals surface area contributed by atoms with Crippen LogP contribution < -0.4 is 10.1 Å². The average molecular weight is 334 g/mol. The van der Waals surface area contributed by atoms with Gasteiger partial charge >= 0.3 is 0 Å². The molecule has 0 bridgehead atoms. The van der Waals surface area contributed by atoms with E-state index in [1.807, 2.05) is 19.2 Å². The first-order chi connectivity index (χ1) is 9.61. The molecule has 0 unspecified atom stereocenters. The summed E-state index contributed by atoms with van der Waals surface area (Å²) in [7, 11) is 1.94. The van der Waals surface area contributed by atoms with Gasteiger partial charge in [-0.15, -0.1) is 0 Å². The first-order valence-corrected chi connectivity index (χ1v) is 7.52. The van der Waals surface area contributed by atoms with Crippen molar-refractivity contribution in [2.75, 3.05) is 7.05 Å². The Bertz CT molecular complexity index is 596. The summed E-state index contributed by atoms with van der Waals surface area (Å²) in [6.45, 7) is 5.61. The van der Waals surface area contributed by atoms with Gasteiger partial charge in [0.15, 0.2) is 0 Å². The highest BCUT2D eigenvalue weighted by Crippen LogP contribution is 2.30. The second-order valence-electron chi connectivity index (χ2n) is 4.98. The largest absolute Gasteiger partial charge is 0.487 e. The molecule has 0 aliphatic carbocycles. The van der Waals surface area contributed by atoms with Crippen molar-refractivity contribution >= 4 is 15.9 Å². The second kappa shape index (κ2) is 6.91. The van der Waals surface area contributed by atoms with Crippen LogP contribution in [0.15, 0.2) is 40.9 Å². The van der Waals surface area contributed by atoms with Gasteiger partial charge in [-0.3, -0.25) is 0 Å². The van der Waals surface area contributed by atoms with Crippen LogP contribution in [0.5, 0.6) is 5.75 Å². The molecule has 1 N–H and O–H groups in total. The van der Waals surface area contributed by atoms with Gasteiger partial charge in [-0.2, -0.15) is 0 Å². The molecule has 0 fully saturated rings. The summed E-state index contributed by atoms with van der Waals surface area (Å²) in [5, 5.41) is 3.17. The van der Waals surface area contributed by atoms with E-state index in [9.17, 15) is 0 Å². The molecule has 0 atom stereocenters. The van der Waals surface area contributed by atoms with E-state index in [2.05, 4.69) is 59.4 Å². The quantitative estimate of drug-likeness (QED) is 0.877. The third kappa shape index (κ3) is 3.62. The van der Waals surface area contributed by atoms with Gasteiger partial charge in [0.2, 0.25) is 0 Å². The van der Waals surface area contributed by atoms with Crippen LogP contribution in [0.2, 0.25) is 0 Å². The molecule has 2 rings (SSSR count). The van der Waals surface area contributed by atoms with E-state index in [-0.39, 0.29) is 0 Å². The zero-order valence-electron chi connectivity index (χ0n) is 12.2. The fraction of sp³-hybridized carbons (Fsp3) is 0.294. The minimum Gasteiger partial charge on any atom is -0.487 e. The van der Waals surface area contributed by atoms with Crippen LogP contribution in [0, 0.1) is 13.8 Å². The topological polar surface area (TPSA) is 21.3 Å². The van der Waals surface area contributed by atoms with Gasteiger partial charge in [-0.25, -0.2) is 0 Å².